The lowest BCUT2D eigenvalue weighted by Gasteiger charge is -2.45. The van der Waals surface area contributed by atoms with Crippen molar-refractivity contribution in [2.45, 2.75) is 70.7 Å². The fraction of sp³-hybridized carbons (Fsp3) is 0.875. The number of hydrogen-bond acceptors (Lipinski definition) is 3. The van der Waals surface area contributed by atoms with E-state index in [1.54, 1.807) is 0 Å². The van der Waals surface area contributed by atoms with Crippen molar-refractivity contribution in [3.8, 4) is 0 Å². The predicted molar refractivity (Wildman–Crippen MR) is 87.3 cm³/mol. The van der Waals surface area contributed by atoms with Gasteiger partial charge < -0.3 is 10.2 Å². The molecule has 120 valence electrons. The molecule has 3 atom stereocenters. The molecule has 2 aliphatic rings. The highest BCUT2D eigenvalue weighted by Gasteiger charge is 2.46. The van der Waals surface area contributed by atoms with E-state index < -0.39 is 6.04 Å². The first-order chi connectivity index (χ1) is 9.68. The third-order valence-corrected chi connectivity index (χ3v) is 6.08. The van der Waals surface area contributed by atoms with E-state index >= 15 is 0 Å². The molecule has 0 bridgehead atoms. The SMILES string of the molecule is CCC1C(=O)NC(C(C)(C)C)C(=O)N1CC1(C)CCCS1. The molecule has 2 saturated heterocycles. The summed E-state index contributed by atoms with van der Waals surface area (Å²) >= 11 is 1.94. The van der Waals surface area contributed by atoms with Crippen LogP contribution >= 0.6 is 11.8 Å². The second kappa shape index (κ2) is 5.82. The van der Waals surface area contributed by atoms with E-state index in [0.717, 1.165) is 12.2 Å². The van der Waals surface area contributed by atoms with E-state index in [9.17, 15) is 9.59 Å². The van der Waals surface area contributed by atoms with Crippen molar-refractivity contribution in [2.75, 3.05) is 12.3 Å². The zero-order valence-electron chi connectivity index (χ0n) is 13.9. The molecule has 2 heterocycles. The van der Waals surface area contributed by atoms with Gasteiger partial charge in [0, 0.05) is 11.3 Å². The molecule has 0 spiro atoms. The highest BCUT2D eigenvalue weighted by Crippen LogP contribution is 2.39. The number of carbonyl (C=O) groups excluding carboxylic acids is 2. The molecule has 0 aromatic heterocycles. The first kappa shape index (κ1) is 16.7. The number of amides is 2. The number of piperazine rings is 1. The highest BCUT2D eigenvalue weighted by molar-refractivity contribution is 8.00. The fourth-order valence-corrected chi connectivity index (χ4v) is 4.56. The molecule has 2 aliphatic heterocycles. The van der Waals surface area contributed by atoms with Gasteiger partial charge in [0.05, 0.1) is 0 Å². The monoisotopic (exact) mass is 312 g/mol. The largest absolute Gasteiger partial charge is 0.342 e. The lowest BCUT2D eigenvalue weighted by molar-refractivity contribution is -0.153. The molecule has 21 heavy (non-hydrogen) atoms. The highest BCUT2D eigenvalue weighted by atomic mass is 32.2. The number of carbonyl (C=O) groups is 2. The predicted octanol–water partition coefficient (Wildman–Crippen LogP) is 2.42. The average molecular weight is 312 g/mol. The van der Waals surface area contributed by atoms with Crippen LogP contribution in [0.5, 0.6) is 0 Å². The molecule has 0 aromatic carbocycles. The molecule has 0 saturated carbocycles. The van der Waals surface area contributed by atoms with Gasteiger partial charge in [-0.3, -0.25) is 9.59 Å². The zero-order valence-corrected chi connectivity index (χ0v) is 14.7. The van der Waals surface area contributed by atoms with Crippen molar-refractivity contribution >= 4 is 23.6 Å². The summed E-state index contributed by atoms with van der Waals surface area (Å²) in [5, 5.41) is 2.94. The summed E-state index contributed by atoms with van der Waals surface area (Å²) in [5.74, 6) is 1.25. The Balaban J connectivity index is 2.24. The van der Waals surface area contributed by atoms with Gasteiger partial charge in [-0.15, -0.1) is 0 Å². The Morgan fingerprint density at radius 1 is 1.38 bits per heavy atom. The van der Waals surface area contributed by atoms with E-state index in [-0.39, 0.29) is 28.0 Å². The van der Waals surface area contributed by atoms with Crippen molar-refractivity contribution in [1.82, 2.24) is 10.2 Å². The number of rotatable bonds is 3. The van der Waals surface area contributed by atoms with Crippen LogP contribution in [0.2, 0.25) is 0 Å². The van der Waals surface area contributed by atoms with Crippen molar-refractivity contribution < 1.29 is 9.59 Å². The molecule has 2 rings (SSSR count). The third kappa shape index (κ3) is 3.38. The summed E-state index contributed by atoms with van der Waals surface area (Å²) in [6.45, 7) is 10.9. The first-order valence-corrected chi connectivity index (χ1v) is 8.91. The van der Waals surface area contributed by atoms with Gasteiger partial charge in [0.15, 0.2) is 0 Å². The van der Waals surface area contributed by atoms with E-state index in [0.29, 0.717) is 13.0 Å². The summed E-state index contributed by atoms with van der Waals surface area (Å²) < 4.78 is 0.100. The van der Waals surface area contributed by atoms with E-state index in [2.05, 4.69) is 12.2 Å². The topological polar surface area (TPSA) is 49.4 Å². The van der Waals surface area contributed by atoms with Crippen LogP contribution in [0.4, 0.5) is 0 Å². The van der Waals surface area contributed by atoms with Crippen LogP contribution < -0.4 is 5.32 Å². The van der Waals surface area contributed by atoms with Crippen LogP contribution in [0.3, 0.4) is 0 Å². The molecule has 0 radical (unpaired) electrons. The van der Waals surface area contributed by atoms with Crippen molar-refractivity contribution in [2.24, 2.45) is 5.41 Å². The van der Waals surface area contributed by atoms with E-state index in [1.165, 1.54) is 6.42 Å². The summed E-state index contributed by atoms with van der Waals surface area (Å²) in [4.78, 5) is 27.2. The second-order valence-corrected chi connectivity index (χ2v) is 9.28. The van der Waals surface area contributed by atoms with Gasteiger partial charge in [-0.05, 0) is 37.4 Å². The quantitative estimate of drug-likeness (QED) is 0.871. The van der Waals surface area contributed by atoms with Gasteiger partial charge in [-0.1, -0.05) is 27.7 Å². The zero-order chi connectivity index (χ0) is 15.8. The molecular weight excluding hydrogens is 284 g/mol. The Hall–Kier alpha value is -0.710. The molecule has 1 N–H and O–H groups in total. The van der Waals surface area contributed by atoms with Crippen molar-refractivity contribution in [3.05, 3.63) is 0 Å². The second-order valence-electron chi connectivity index (χ2n) is 7.60. The Bertz CT molecular complexity index is 424. The van der Waals surface area contributed by atoms with Crippen LogP contribution in [-0.2, 0) is 9.59 Å². The van der Waals surface area contributed by atoms with Crippen molar-refractivity contribution in [3.63, 3.8) is 0 Å². The maximum absolute atomic E-state index is 12.9. The minimum Gasteiger partial charge on any atom is -0.342 e. The summed E-state index contributed by atoms with van der Waals surface area (Å²) in [6.07, 6.45) is 3.00. The number of nitrogens with one attached hydrogen (secondary N) is 1. The average Bonchev–Trinajstić information content (AvgIpc) is 2.79. The fourth-order valence-electron chi connectivity index (χ4n) is 3.26. The van der Waals surface area contributed by atoms with Crippen LogP contribution in [0, 0.1) is 5.41 Å². The molecule has 3 unspecified atom stereocenters. The van der Waals surface area contributed by atoms with Gasteiger partial charge in [0.2, 0.25) is 11.8 Å². The van der Waals surface area contributed by atoms with Gasteiger partial charge in [0.1, 0.15) is 12.1 Å². The van der Waals surface area contributed by atoms with Gasteiger partial charge in [0.25, 0.3) is 0 Å². The minimum absolute atomic E-state index is 0.00335. The Kier molecular flexibility index (Phi) is 4.62. The Morgan fingerprint density at radius 2 is 2.05 bits per heavy atom. The van der Waals surface area contributed by atoms with Crippen LogP contribution in [0.25, 0.3) is 0 Å². The van der Waals surface area contributed by atoms with Gasteiger partial charge in [-0.25, -0.2) is 0 Å². The van der Waals surface area contributed by atoms with E-state index in [1.807, 2.05) is 44.4 Å². The van der Waals surface area contributed by atoms with Crippen LogP contribution in [0.15, 0.2) is 0 Å². The van der Waals surface area contributed by atoms with E-state index in [4.69, 9.17) is 0 Å². The van der Waals surface area contributed by atoms with Crippen LogP contribution in [-0.4, -0.2) is 45.8 Å². The molecule has 2 amide bonds. The minimum atomic E-state index is -0.414. The molecule has 5 heteroatoms. The Morgan fingerprint density at radius 3 is 2.52 bits per heavy atom. The van der Waals surface area contributed by atoms with Gasteiger partial charge in [-0.2, -0.15) is 11.8 Å². The lowest BCUT2D eigenvalue weighted by Crippen LogP contribution is -2.67. The number of hydrogen-bond donors (Lipinski definition) is 1. The standard InChI is InChI=1S/C16H28N2O2S/c1-6-11-13(19)17-12(15(2,3)4)14(20)18(11)10-16(5)8-7-9-21-16/h11-12H,6-10H2,1-5H3,(H,17,19). The summed E-state index contributed by atoms with van der Waals surface area (Å²) in [6, 6.07) is -0.725. The van der Waals surface area contributed by atoms with Crippen molar-refractivity contribution in [1.29, 1.82) is 0 Å². The number of nitrogens with zero attached hydrogens (tertiary/aromatic N) is 1. The first-order valence-electron chi connectivity index (χ1n) is 7.93. The maximum atomic E-state index is 12.9. The molecule has 0 aromatic rings. The third-order valence-electron chi connectivity index (χ3n) is 4.55. The van der Waals surface area contributed by atoms with Crippen LogP contribution in [0.1, 0.15) is 53.9 Å². The number of thioether (sulfide) groups is 1. The van der Waals surface area contributed by atoms with Gasteiger partial charge >= 0.3 is 0 Å². The molecular formula is C16H28N2O2S. The summed E-state index contributed by atoms with van der Waals surface area (Å²) in [5.41, 5.74) is -0.257. The molecule has 4 nitrogen and oxygen atoms in total. The summed E-state index contributed by atoms with van der Waals surface area (Å²) in [7, 11) is 0. The maximum Gasteiger partial charge on any atom is 0.246 e. The molecule has 0 aliphatic carbocycles. The molecule has 2 fully saturated rings. The normalized spacial score (nSPS) is 34.2. The Labute approximate surface area is 132 Å². The smallest absolute Gasteiger partial charge is 0.246 e. The lowest BCUT2D eigenvalue weighted by atomic mass is 9.83.